The molecular weight excluding hydrogens is 212 g/mol. The Balaban J connectivity index is 0.00000196. The van der Waals surface area contributed by atoms with Gasteiger partial charge in [-0.15, -0.1) is 0 Å². The fourth-order valence-electron chi connectivity index (χ4n) is 1.04. The largest absolute Gasteiger partial charge is 0.416 e. The Kier molecular flexibility index (Phi) is 4.27. The van der Waals surface area contributed by atoms with Crippen molar-refractivity contribution in [2.75, 3.05) is 0 Å². The SMILES string of the molecule is C.C[C@@H](O)c1cc(C(F)(F)F)ccc1F. The topological polar surface area (TPSA) is 20.2 Å². The van der Waals surface area contributed by atoms with Crippen LogP contribution in [-0.4, -0.2) is 5.11 Å². The van der Waals surface area contributed by atoms with Gasteiger partial charge < -0.3 is 5.11 Å². The van der Waals surface area contributed by atoms with E-state index in [-0.39, 0.29) is 13.0 Å². The van der Waals surface area contributed by atoms with Crippen LogP contribution in [0.5, 0.6) is 0 Å². The first kappa shape index (κ1) is 13.9. The highest BCUT2D eigenvalue weighted by molar-refractivity contribution is 5.28. The van der Waals surface area contributed by atoms with Gasteiger partial charge >= 0.3 is 6.18 Å². The monoisotopic (exact) mass is 224 g/mol. The van der Waals surface area contributed by atoms with E-state index in [9.17, 15) is 17.6 Å². The molecule has 0 aliphatic rings. The van der Waals surface area contributed by atoms with Crippen LogP contribution >= 0.6 is 0 Å². The maximum Gasteiger partial charge on any atom is 0.416 e. The summed E-state index contributed by atoms with van der Waals surface area (Å²) in [5, 5.41) is 8.99. The van der Waals surface area contributed by atoms with Crippen LogP contribution in [0.2, 0.25) is 0 Å². The summed E-state index contributed by atoms with van der Waals surface area (Å²) in [6.07, 6.45) is -5.77. The van der Waals surface area contributed by atoms with Gasteiger partial charge in [-0.3, -0.25) is 0 Å². The van der Waals surface area contributed by atoms with Gasteiger partial charge in [0.1, 0.15) is 5.82 Å². The molecule has 0 unspecified atom stereocenters. The van der Waals surface area contributed by atoms with E-state index in [2.05, 4.69) is 0 Å². The number of rotatable bonds is 1. The van der Waals surface area contributed by atoms with Crippen LogP contribution in [-0.2, 0) is 6.18 Å². The first-order chi connectivity index (χ1) is 6.32. The molecule has 1 rings (SSSR count). The van der Waals surface area contributed by atoms with Crippen molar-refractivity contribution in [1.29, 1.82) is 0 Å². The van der Waals surface area contributed by atoms with Gasteiger partial charge in [0, 0.05) is 5.56 Å². The van der Waals surface area contributed by atoms with Gasteiger partial charge in [-0.2, -0.15) is 13.2 Å². The molecule has 86 valence electrons. The highest BCUT2D eigenvalue weighted by Crippen LogP contribution is 2.31. The molecule has 0 fully saturated rings. The van der Waals surface area contributed by atoms with Crippen LogP contribution in [0.25, 0.3) is 0 Å². The van der Waals surface area contributed by atoms with Gasteiger partial charge in [-0.05, 0) is 25.1 Å². The van der Waals surface area contributed by atoms with Crippen LogP contribution in [0.15, 0.2) is 18.2 Å². The molecule has 1 aromatic carbocycles. The molecule has 0 saturated carbocycles. The summed E-state index contributed by atoms with van der Waals surface area (Å²) in [5.41, 5.74) is -1.31. The molecule has 0 amide bonds. The van der Waals surface area contributed by atoms with Crippen LogP contribution in [0, 0.1) is 5.82 Å². The van der Waals surface area contributed by atoms with Crippen molar-refractivity contribution >= 4 is 0 Å². The molecule has 0 saturated heterocycles. The molecule has 5 heteroatoms. The normalized spacial score (nSPS) is 13.2. The van der Waals surface area contributed by atoms with Gasteiger partial charge in [-0.25, -0.2) is 4.39 Å². The van der Waals surface area contributed by atoms with Gasteiger partial charge in [0.25, 0.3) is 0 Å². The summed E-state index contributed by atoms with van der Waals surface area (Å²) in [6, 6.07) is 1.95. The van der Waals surface area contributed by atoms with Gasteiger partial charge in [0.15, 0.2) is 0 Å². The molecule has 0 aliphatic carbocycles. The van der Waals surface area contributed by atoms with E-state index < -0.39 is 23.7 Å². The smallest absolute Gasteiger partial charge is 0.389 e. The Morgan fingerprint density at radius 3 is 2.20 bits per heavy atom. The number of benzene rings is 1. The fourth-order valence-corrected chi connectivity index (χ4v) is 1.04. The summed E-state index contributed by atoms with van der Waals surface area (Å²) in [7, 11) is 0. The third-order valence-corrected chi connectivity index (χ3v) is 1.77. The maximum absolute atomic E-state index is 12.9. The average Bonchev–Trinajstić information content (AvgIpc) is 2.02. The van der Waals surface area contributed by atoms with Crippen LogP contribution < -0.4 is 0 Å². The van der Waals surface area contributed by atoms with E-state index in [0.717, 1.165) is 0 Å². The van der Waals surface area contributed by atoms with Crippen LogP contribution in [0.3, 0.4) is 0 Å². The molecule has 1 aromatic rings. The molecule has 1 atom stereocenters. The van der Waals surface area contributed by atoms with Crippen molar-refractivity contribution in [1.82, 2.24) is 0 Å². The van der Waals surface area contributed by atoms with Crippen molar-refractivity contribution < 1.29 is 22.7 Å². The zero-order valence-corrected chi connectivity index (χ0v) is 7.27. The highest BCUT2D eigenvalue weighted by Gasteiger charge is 2.31. The molecule has 15 heavy (non-hydrogen) atoms. The Morgan fingerprint density at radius 1 is 1.27 bits per heavy atom. The second-order valence-electron chi connectivity index (χ2n) is 2.91. The molecular formula is C10H12F4O. The zero-order valence-electron chi connectivity index (χ0n) is 7.27. The molecule has 0 aliphatic heterocycles. The van der Waals surface area contributed by atoms with E-state index in [1.165, 1.54) is 6.92 Å². The van der Waals surface area contributed by atoms with Crippen molar-refractivity contribution in [3.63, 3.8) is 0 Å². The lowest BCUT2D eigenvalue weighted by Gasteiger charge is -2.11. The number of hydrogen-bond acceptors (Lipinski definition) is 1. The molecule has 0 spiro atoms. The molecule has 0 bridgehead atoms. The van der Waals surface area contributed by atoms with E-state index in [0.29, 0.717) is 18.2 Å². The second kappa shape index (κ2) is 4.61. The van der Waals surface area contributed by atoms with Crippen LogP contribution in [0.1, 0.15) is 31.6 Å². The van der Waals surface area contributed by atoms with Crippen molar-refractivity contribution in [2.45, 2.75) is 26.6 Å². The standard InChI is InChI=1S/C9H8F4O.CH4/c1-5(14)7-4-6(9(11,12)13)2-3-8(7)10;/h2-5,14H,1H3;1H4/t5-;/m1./s1. The molecule has 0 aromatic heterocycles. The highest BCUT2D eigenvalue weighted by atomic mass is 19.4. The Labute approximate surface area is 85.4 Å². The van der Waals surface area contributed by atoms with E-state index in [1.54, 1.807) is 0 Å². The van der Waals surface area contributed by atoms with Crippen LogP contribution in [0.4, 0.5) is 17.6 Å². The number of hydrogen-bond donors (Lipinski definition) is 1. The second-order valence-corrected chi connectivity index (χ2v) is 2.91. The van der Waals surface area contributed by atoms with Gasteiger partial charge in [0.2, 0.25) is 0 Å². The third kappa shape index (κ3) is 3.20. The van der Waals surface area contributed by atoms with E-state index in [4.69, 9.17) is 5.11 Å². The Morgan fingerprint density at radius 2 is 1.80 bits per heavy atom. The summed E-state index contributed by atoms with van der Waals surface area (Å²) < 4.78 is 49.4. The van der Waals surface area contributed by atoms with E-state index >= 15 is 0 Å². The first-order valence-corrected chi connectivity index (χ1v) is 3.87. The minimum Gasteiger partial charge on any atom is -0.389 e. The lowest BCUT2D eigenvalue weighted by molar-refractivity contribution is -0.137. The number of aliphatic hydroxyl groups is 1. The molecule has 1 N–H and O–H groups in total. The van der Waals surface area contributed by atoms with Crippen molar-refractivity contribution in [2.24, 2.45) is 0 Å². The zero-order chi connectivity index (χ0) is 10.9. The molecule has 1 nitrogen and oxygen atoms in total. The molecule has 0 radical (unpaired) electrons. The van der Waals surface area contributed by atoms with Crippen molar-refractivity contribution in [3.8, 4) is 0 Å². The summed E-state index contributed by atoms with van der Waals surface area (Å²) in [5.74, 6) is -0.840. The summed E-state index contributed by atoms with van der Waals surface area (Å²) in [6.45, 7) is 1.21. The summed E-state index contributed by atoms with van der Waals surface area (Å²) >= 11 is 0. The lowest BCUT2D eigenvalue weighted by Crippen LogP contribution is -2.07. The summed E-state index contributed by atoms with van der Waals surface area (Å²) in [4.78, 5) is 0. The quantitative estimate of drug-likeness (QED) is 0.723. The minimum atomic E-state index is -4.52. The predicted molar refractivity (Wildman–Crippen MR) is 48.8 cm³/mol. The van der Waals surface area contributed by atoms with Gasteiger partial charge in [0.05, 0.1) is 11.7 Å². The maximum atomic E-state index is 12.9. The molecule has 0 heterocycles. The van der Waals surface area contributed by atoms with Gasteiger partial charge in [-0.1, -0.05) is 7.43 Å². The van der Waals surface area contributed by atoms with E-state index in [1.807, 2.05) is 0 Å². The Hall–Kier alpha value is -1.10. The number of halogens is 4. The minimum absolute atomic E-state index is 0. The number of alkyl halides is 3. The lowest BCUT2D eigenvalue weighted by atomic mass is 10.1. The average molecular weight is 224 g/mol. The van der Waals surface area contributed by atoms with Crippen molar-refractivity contribution in [3.05, 3.63) is 35.1 Å². The Bertz CT molecular complexity index is 331. The fraction of sp³-hybridized carbons (Fsp3) is 0.400. The third-order valence-electron chi connectivity index (χ3n) is 1.77. The number of aliphatic hydroxyl groups excluding tert-OH is 1. The predicted octanol–water partition coefficient (Wildman–Crippen LogP) is 3.53. The first-order valence-electron chi connectivity index (χ1n) is 3.87.